The van der Waals surface area contributed by atoms with E-state index in [-0.39, 0.29) is 0 Å². The fraction of sp³-hybridized carbons (Fsp3) is 1.00. The van der Waals surface area contributed by atoms with Crippen LogP contribution in [0.25, 0.3) is 0 Å². The Bertz CT molecular complexity index is 237. The minimum atomic E-state index is 0.800. The number of hydrogen-bond donors (Lipinski definition) is 1. The van der Waals surface area contributed by atoms with Crippen molar-refractivity contribution in [2.24, 2.45) is 11.8 Å². The Balaban J connectivity index is 1.39. The number of hydrogen-bond acceptors (Lipinski definition) is 2. The molecule has 2 heteroatoms. The van der Waals surface area contributed by atoms with Crippen LogP contribution >= 0.6 is 0 Å². The van der Waals surface area contributed by atoms with Crippen molar-refractivity contribution in [3.8, 4) is 0 Å². The first-order valence-electron chi connectivity index (χ1n) is 7.28. The molecule has 0 amide bonds. The van der Waals surface area contributed by atoms with Crippen molar-refractivity contribution in [3.63, 3.8) is 0 Å². The normalized spacial score (nSPS) is 40.7. The lowest BCUT2D eigenvalue weighted by Gasteiger charge is -2.20. The maximum atomic E-state index is 3.89. The molecule has 2 aliphatic carbocycles. The van der Waals surface area contributed by atoms with Gasteiger partial charge in [0.15, 0.2) is 0 Å². The average molecular weight is 222 g/mol. The first-order valence-corrected chi connectivity index (χ1v) is 7.28. The van der Waals surface area contributed by atoms with Gasteiger partial charge in [-0.25, -0.2) is 0 Å². The predicted octanol–water partition coefficient (Wildman–Crippen LogP) is 2.25. The molecular weight excluding hydrogens is 196 g/mol. The van der Waals surface area contributed by atoms with E-state index in [1.165, 1.54) is 58.2 Å². The quantitative estimate of drug-likeness (QED) is 0.785. The maximum Gasteiger partial charge on any atom is 0.0209 e. The molecule has 1 saturated heterocycles. The summed E-state index contributed by atoms with van der Waals surface area (Å²) in [5, 5.41) is 3.89. The lowest BCUT2D eigenvalue weighted by molar-refractivity contribution is 0.308. The minimum absolute atomic E-state index is 0.800. The van der Waals surface area contributed by atoms with Crippen molar-refractivity contribution in [3.05, 3.63) is 0 Å². The molecule has 3 atom stereocenters. The topological polar surface area (TPSA) is 15.3 Å². The zero-order valence-corrected chi connectivity index (χ0v) is 10.6. The van der Waals surface area contributed by atoms with Gasteiger partial charge in [0.2, 0.25) is 0 Å². The van der Waals surface area contributed by atoms with E-state index in [1.807, 2.05) is 0 Å². The predicted molar refractivity (Wildman–Crippen MR) is 67.5 cm³/mol. The van der Waals surface area contributed by atoms with Gasteiger partial charge in [0.25, 0.3) is 0 Å². The van der Waals surface area contributed by atoms with Crippen molar-refractivity contribution < 1.29 is 0 Å². The molecule has 0 spiro atoms. The van der Waals surface area contributed by atoms with E-state index < -0.39 is 0 Å². The van der Waals surface area contributed by atoms with E-state index in [1.54, 1.807) is 0 Å². The molecule has 0 aromatic carbocycles. The molecule has 3 rings (SSSR count). The van der Waals surface area contributed by atoms with Gasteiger partial charge in [-0.2, -0.15) is 0 Å². The van der Waals surface area contributed by atoms with Crippen molar-refractivity contribution in [2.45, 2.75) is 57.5 Å². The molecule has 0 aromatic heterocycles. The summed E-state index contributed by atoms with van der Waals surface area (Å²) in [6.45, 7) is 6.45. The lowest BCUT2D eigenvalue weighted by atomic mass is 10.1. The van der Waals surface area contributed by atoms with Crippen molar-refractivity contribution in [1.29, 1.82) is 0 Å². The molecule has 1 N–H and O–H groups in total. The number of likely N-dealkylation sites (tertiary alicyclic amines) is 1. The monoisotopic (exact) mass is 222 g/mol. The summed E-state index contributed by atoms with van der Waals surface area (Å²) in [6.07, 6.45) is 8.65. The van der Waals surface area contributed by atoms with Gasteiger partial charge in [-0.3, -0.25) is 0 Å². The molecule has 1 aliphatic heterocycles. The summed E-state index contributed by atoms with van der Waals surface area (Å²) < 4.78 is 0. The Morgan fingerprint density at radius 3 is 2.62 bits per heavy atom. The van der Waals surface area contributed by atoms with E-state index in [9.17, 15) is 0 Å². The molecule has 16 heavy (non-hydrogen) atoms. The Labute approximate surface area is 99.8 Å². The van der Waals surface area contributed by atoms with Crippen LogP contribution in [0.5, 0.6) is 0 Å². The van der Waals surface area contributed by atoms with Crippen molar-refractivity contribution in [2.75, 3.05) is 19.6 Å². The Kier molecular flexibility index (Phi) is 3.21. The first kappa shape index (κ1) is 11.0. The van der Waals surface area contributed by atoms with Crippen LogP contribution in [0.3, 0.4) is 0 Å². The van der Waals surface area contributed by atoms with Crippen LogP contribution in [0.15, 0.2) is 0 Å². The summed E-state index contributed by atoms with van der Waals surface area (Å²) in [5.41, 5.74) is 0. The Morgan fingerprint density at radius 1 is 1.06 bits per heavy atom. The number of nitrogens with zero attached hydrogens (tertiary/aromatic N) is 1. The van der Waals surface area contributed by atoms with Crippen LogP contribution < -0.4 is 5.32 Å². The molecule has 3 fully saturated rings. The molecular formula is C14H26N2. The van der Waals surface area contributed by atoms with E-state index in [2.05, 4.69) is 17.1 Å². The van der Waals surface area contributed by atoms with Gasteiger partial charge < -0.3 is 10.2 Å². The second kappa shape index (κ2) is 4.66. The molecule has 1 heterocycles. The summed E-state index contributed by atoms with van der Waals surface area (Å²) in [7, 11) is 0. The Hall–Kier alpha value is -0.0800. The van der Waals surface area contributed by atoms with Crippen LogP contribution in [-0.2, 0) is 0 Å². The molecule has 2 nitrogen and oxygen atoms in total. The van der Waals surface area contributed by atoms with E-state index in [4.69, 9.17) is 0 Å². The number of nitrogens with one attached hydrogen (secondary N) is 1. The molecule has 3 aliphatic rings. The van der Waals surface area contributed by atoms with Gasteiger partial charge in [0, 0.05) is 25.2 Å². The number of rotatable bonds is 4. The van der Waals surface area contributed by atoms with Crippen molar-refractivity contribution in [1.82, 2.24) is 10.2 Å². The van der Waals surface area contributed by atoms with E-state index >= 15 is 0 Å². The Morgan fingerprint density at radius 2 is 1.94 bits per heavy atom. The highest BCUT2D eigenvalue weighted by Gasteiger charge is 2.31. The zero-order valence-electron chi connectivity index (χ0n) is 10.6. The lowest BCUT2D eigenvalue weighted by Crippen LogP contribution is -2.39. The average Bonchev–Trinajstić information content (AvgIpc) is 2.80. The van der Waals surface area contributed by atoms with Crippen LogP contribution in [0.1, 0.15) is 45.4 Å². The molecule has 2 saturated carbocycles. The maximum absolute atomic E-state index is 3.89. The third kappa shape index (κ3) is 2.78. The molecule has 0 radical (unpaired) electrons. The summed E-state index contributed by atoms with van der Waals surface area (Å²) in [5.74, 6) is 2.02. The summed E-state index contributed by atoms with van der Waals surface area (Å²) in [4.78, 5) is 2.69. The van der Waals surface area contributed by atoms with Crippen LogP contribution in [-0.4, -0.2) is 36.6 Å². The second-order valence-electron chi connectivity index (χ2n) is 6.47. The smallest absolute Gasteiger partial charge is 0.0209 e. The highest BCUT2D eigenvalue weighted by molar-refractivity contribution is 4.89. The SMILES string of the molecule is CC1CCC(NC2CCN(CC3CC3)C2)C1. The van der Waals surface area contributed by atoms with E-state index in [0.29, 0.717) is 0 Å². The van der Waals surface area contributed by atoms with Gasteiger partial charge in [-0.15, -0.1) is 0 Å². The summed E-state index contributed by atoms with van der Waals surface area (Å²) in [6, 6.07) is 1.63. The van der Waals surface area contributed by atoms with E-state index in [0.717, 1.165) is 23.9 Å². The molecule has 0 bridgehead atoms. The first-order chi connectivity index (χ1) is 7.79. The third-order valence-corrected chi connectivity index (χ3v) is 4.65. The molecule has 3 unspecified atom stereocenters. The zero-order chi connectivity index (χ0) is 11.0. The summed E-state index contributed by atoms with van der Waals surface area (Å²) >= 11 is 0. The van der Waals surface area contributed by atoms with Crippen LogP contribution in [0.2, 0.25) is 0 Å². The molecule has 0 aromatic rings. The van der Waals surface area contributed by atoms with Gasteiger partial charge in [-0.1, -0.05) is 6.92 Å². The van der Waals surface area contributed by atoms with Gasteiger partial charge in [0.05, 0.1) is 0 Å². The second-order valence-corrected chi connectivity index (χ2v) is 6.47. The van der Waals surface area contributed by atoms with Gasteiger partial charge in [-0.05, 0) is 56.9 Å². The minimum Gasteiger partial charge on any atom is -0.310 e. The fourth-order valence-electron chi connectivity index (χ4n) is 3.49. The van der Waals surface area contributed by atoms with Crippen LogP contribution in [0, 0.1) is 11.8 Å². The van der Waals surface area contributed by atoms with Gasteiger partial charge in [0.1, 0.15) is 0 Å². The fourth-order valence-corrected chi connectivity index (χ4v) is 3.49. The third-order valence-electron chi connectivity index (χ3n) is 4.65. The van der Waals surface area contributed by atoms with Crippen molar-refractivity contribution >= 4 is 0 Å². The standard InChI is InChI=1S/C14H26N2/c1-11-2-5-13(8-11)15-14-6-7-16(10-14)9-12-3-4-12/h11-15H,2-10H2,1H3. The van der Waals surface area contributed by atoms with Gasteiger partial charge >= 0.3 is 0 Å². The molecule has 92 valence electrons. The highest BCUT2D eigenvalue weighted by Crippen LogP contribution is 2.31. The highest BCUT2D eigenvalue weighted by atomic mass is 15.2. The largest absolute Gasteiger partial charge is 0.310 e. The van der Waals surface area contributed by atoms with Crippen LogP contribution in [0.4, 0.5) is 0 Å².